The smallest absolute Gasteiger partial charge is 0.329 e. The van der Waals surface area contributed by atoms with Gasteiger partial charge in [-0.25, -0.2) is 9.97 Å². The van der Waals surface area contributed by atoms with Crippen molar-refractivity contribution in [2.45, 2.75) is 0 Å². The second-order valence-corrected chi connectivity index (χ2v) is 5.49. The van der Waals surface area contributed by atoms with Gasteiger partial charge in [0.05, 0.1) is 16.8 Å². The number of rotatable bonds is 3. The molecule has 0 aromatic carbocycles. The highest BCUT2D eigenvalue weighted by atomic mass is 35.5. The highest BCUT2D eigenvalue weighted by Gasteiger charge is 2.17. The number of hydrogen-bond donors (Lipinski definition) is 1. The molecule has 0 fully saturated rings. The van der Waals surface area contributed by atoms with Crippen molar-refractivity contribution < 1.29 is 4.92 Å². The topological polar surface area (TPSA) is 127 Å². The third kappa shape index (κ3) is 5.32. The van der Waals surface area contributed by atoms with E-state index < -0.39 is 4.92 Å². The van der Waals surface area contributed by atoms with Crippen LogP contribution in [0.2, 0.25) is 10.6 Å². The Balaban J connectivity index is 0.000000243. The molecule has 24 heavy (non-hydrogen) atoms. The molecule has 0 aliphatic heterocycles. The summed E-state index contributed by atoms with van der Waals surface area (Å²) >= 11 is 11.1. The molecule has 0 saturated carbocycles. The largest absolute Gasteiger partial charge is 0.394 e. The number of nitrogens with two attached hydrogens (primary N) is 1. The number of hydrogen-bond acceptors (Lipinski definition) is 9. The van der Waals surface area contributed by atoms with Crippen molar-refractivity contribution in [3.05, 3.63) is 33.1 Å². The minimum atomic E-state index is -0.550. The van der Waals surface area contributed by atoms with Crippen LogP contribution < -0.4 is 15.5 Å². The van der Waals surface area contributed by atoms with E-state index in [2.05, 4.69) is 19.9 Å². The number of nitro groups is 1. The molecule has 10 nitrogen and oxygen atoms in total. The first kappa shape index (κ1) is 19.6. The number of nitrogens with zero attached hydrogens (tertiary/aromatic N) is 7. The normalized spacial score (nSPS) is 9.75. The Labute approximate surface area is 148 Å². The van der Waals surface area contributed by atoms with Gasteiger partial charge in [-0.3, -0.25) is 10.1 Å². The first-order valence-corrected chi connectivity index (χ1v) is 7.18. The summed E-state index contributed by atoms with van der Waals surface area (Å²) in [6.07, 6.45) is 2.58. The van der Waals surface area contributed by atoms with Crippen LogP contribution in [0.1, 0.15) is 0 Å². The monoisotopic (exact) mass is 374 g/mol. The summed E-state index contributed by atoms with van der Waals surface area (Å²) in [6.45, 7) is 0. The maximum Gasteiger partial charge on any atom is 0.329 e. The van der Waals surface area contributed by atoms with Crippen molar-refractivity contribution in [3.63, 3.8) is 0 Å². The van der Waals surface area contributed by atoms with Crippen LogP contribution in [0, 0.1) is 10.1 Å². The highest BCUT2D eigenvalue weighted by molar-refractivity contribution is 6.28. The lowest BCUT2D eigenvalue weighted by Gasteiger charge is -2.12. The molecule has 130 valence electrons. The average Bonchev–Trinajstić information content (AvgIpc) is 2.49. The molecule has 0 amide bonds. The van der Waals surface area contributed by atoms with Crippen LogP contribution in [0.5, 0.6) is 0 Å². The Morgan fingerprint density at radius 1 is 1.00 bits per heavy atom. The number of halogens is 2. The van der Waals surface area contributed by atoms with Crippen LogP contribution in [-0.4, -0.2) is 53.0 Å². The van der Waals surface area contributed by atoms with Gasteiger partial charge in [-0.2, -0.15) is 9.97 Å². The SMILES string of the molecule is CN(C)c1nc(Cl)ncc1N.CN(C)c1nc(Cl)ncc1[N+](=O)[O-]. The summed E-state index contributed by atoms with van der Waals surface area (Å²) < 4.78 is 0. The van der Waals surface area contributed by atoms with Gasteiger partial charge in [0.15, 0.2) is 5.82 Å². The molecule has 0 radical (unpaired) electrons. The summed E-state index contributed by atoms with van der Waals surface area (Å²) in [7, 11) is 6.97. The lowest BCUT2D eigenvalue weighted by Crippen LogP contribution is -2.13. The summed E-state index contributed by atoms with van der Waals surface area (Å²) in [6, 6.07) is 0. The van der Waals surface area contributed by atoms with Crippen molar-refractivity contribution in [1.29, 1.82) is 0 Å². The predicted octanol–water partition coefficient (Wildman–Crippen LogP) is 1.88. The van der Waals surface area contributed by atoms with E-state index in [9.17, 15) is 10.1 Å². The maximum atomic E-state index is 10.5. The van der Waals surface area contributed by atoms with Crippen LogP contribution >= 0.6 is 23.2 Å². The van der Waals surface area contributed by atoms with Crippen LogP contribution in [-0.2, 0) is 0 Å². The third-order valence-corrected chi connectivity index (χ3v) is 2.90. The van der Waals surface area contributed by atoms with E-state index in [0.717, 1.165) is 6.20 Å². The van der Waals surface area contributed by atoms with E-state index in [1.54, 1.807) is 19.0 Å². The zero-order valence-corrected chi connectivity index (χ0v) is 14.9. The molecule has 0 aliphatic carbocycles. The summed E-state index contributed by atoms with van der Waals surface area (Å²) in [4.78, 5) is 28.1. The molecule has 12 heteroatoms. The molecule has 0 bridgehead atoms. The molecule has 2 heterocycles. The Kier molecular flexibility index (Phi) is 6.86. The molecule has 0 spiro atoms. The van der Waals surface area contributed by atoms with Crippen molar-refractivity contribution in [1.82, 2.24) is 19.9 Å². The lowest BCUT2D eigenvalue weighted by atomic mass is 10.4. The van der Waals surface area contributed by atoms with Gasteiger partial charge in [-0.05, 0) is 23.2 Å². The minimum absolute atomic E-state index is 0.00528. The molecule has 2 rings (SSSR count). The van der Waals surface area contributed by atoms with Gasteiger partial charge in [0.25, 0.3) is 0 Å². The summed E-state index contributed by atoms with van der Waals surface area (Å²) in [5, 5.41) is 10.7. The molecular formula is C12H16Cl2N8O2. The zero-order valence-electron chi connectivity index (χ0n) is 13.4. The van der Waals surface area contributed by atoms with Crippen molar-refractivity contribution >= 4 is 46.2 Å². The van der Waals surface area contributed by atoms with E-state index in [-0.39, 0.29) is 22.1 Å². The van der Waals surface area contributed by atoms with Gasteiger partial charge in [0, 0.05) is 28.2 Å². The first-order valence-electron chi connectivity index (χ1n) is 6.43. The van der Waals surface area contributed by atoms with Crippen molar-refractivity contribution in [2.24, 2.45) is 0 Å². The van der Waals surface area contributed by atoms with Gasteiger partial charge in [-0.15, -0.1) is 0 Å². The number of anilines is 3. The lowest BCUT2D eigenvalue weighted by molar-refractivity contribution is -0.384. The van der Waals surface area contributed by atoms with Gasteiger partial charge in [0.2, 0.25) is 16.4 Å². The molecule has 0 aliphatic rings. The maximum absolute atomic E-state index is 10.5. The summed E-state index contributed by atoms with van der Waals surface area (Å²) in [5.41, 5.74) is 5.93. The van der Waals surface area contributed by atoms with Gasteiger partial charge in [-0.1, -0.05) is 0 Å². The number of nitrogen functional groups attached to an aromatic ring is 1. The second kappa shape index (κ2) is 8.41. The van der Waals surface area contributed by atoms with Crippen LogP contribution in [0.3, 0.4) is 0 Å². The molecular weight excluding hydrogens is 359 g/mol. The molecule has 2 N–H and O–H groups in total. The van der Waals surface area contributed by atoms with E-state index in [0.29, 0.717) is 11.5 Å². The molecule has 2 aromatic heterocycles. The molecule has 0 saturated heterocycles. The third-order valence-electron chi connectivity index (χ3n) is 2.53. The van der Waals surface area contributed by atoms with E-state index in [4.69, 9.17) is 28.9 Å². The Morgan fingerprint density at radius 3 is 1.88 bits per heavy atom. The van der Waals surface area contributed by atoms with Gasteiger partial charge >= 0.3 is 5.69 Å². The van der Waals surface area contributed by atoms with E-state index in [1.165, 1.54) is 11.1 Å². The van der Waals surface area contributed by atoms with Gasteiger partial charge < -0.3 is 15.5 Å². The quantitative estimate of drug-likeness (QED) is 0.486. The van der Waals surface area contributed by atoms with Crippen LogP contribution in [0.4, 0.5) is 23.0 Å². The minimum Gasteiger partial charge on any atom is -0.394 e. The zero-order chi connectivity index (χ0) is 18.4. The fourth-order valence-corrected chi connectivity index (χ4v) is 1.78. The number of aromatic nitrogens is 4. The van der Waals surface area contributed by atoms with Crippen molar-refractivity contribution in [3.8, 4) is 0 Å². The Bertz CT molecular complexity index is 726. The van der Waals surface area contributed by atoms with E-state index in [1.807, 2.05) is 14.1 Å². The predicted molar refractivity (Wildman–Crippen MR) is 93.8 cm³/mol. The second-order valence-electron chi connectivity index (χ2n) is 4.81. The molecule has 2 aromatic rings. The standard InChI is InChI=1S/C6H7ClN4O2.C6H9ClN4/c1-10(2)5-4(11(12)13)3-8-6(7)9-5;1-11(2)5-4(8)3-9-6(7)10-5/h3H,1-2H3;3H,8H2,1-2H3. The van der Waals surface area contributed by atoms with E-state index >= 15 is 0 Å². The average molecular weight is 375 g/mol. The van der Waals surface area contributed by atoms with Crippen LogP contribution in [0.25, 0.3) is 0 Å². The highest BCUT2D eigenvalue weighted by Crippen LogP contribution is 2.23. The van der Waals surface area contributed by atoms with Crippen molar-refractivity contribution in [2.75, 3.05) is 43.7 Å². The van der Waals surface area contributed by atoms with Gasteiger partial charge in [0.1, 0.15) is 6.20 Å². The fraction of sp³-hybridized carbons (Fsp3) is 0.333. The molecule has 0 unspecified atom stereocenters. The first-order chi connectivity index (χ1) is 11.1. The van der Waals surface area contributed by atoms with Crippen LogP contribution in [0.15, 0.2) is 12.4 Å². The Morgan fingerprint density at radius 2 is 1.46 bits per heavy atom. The summed E-state index contributed by atoms with van der Waals surface area (Å²) in [5.74, 6) is 0.843. The Hall–Kier alpha value is -2.46. The molecule has 0 atom stereocenters. The fourth-order valence-electron chi connectivity index (χ4n) is 1.52.